The molecule has 1 saturated carbocycles. The van der Waals surface area contributed by atoms with E-state index in [1.807, 2.05) is 0 Å². The van der Waals surface area contributed by atoms with E-state index in [4.69, 9.17) is 0 Å². The molecule has 1 fully saturated rings. The van der Waals surface area contributed by atoms with Crippen LogP contribution in [0.15, 0.2) is 0 Å². The average molecular weight is 110 g/mol. The zero-order valence-electron chi connectivity index (χ0n) is 3.70. The van der Waals surface area contributed by atoms with Gasteiger partial charge in [0.1, 0.15) is 0 Å². The zero-order chi connectivity index (χ0) is 3.70. The van der Waals surface area contributed by atoms with Gasteiger partial charge in [0.2, 0.25) is 0 Å². The Bertz CT molecular complexity index is 30.9. The van der Waals surface area contributed by atoms with Gasteiger partial charge in [-0.3, -0.25) is 0 Å². The Morgan fingerprint density at radius 3 is 2.00 bits per heavy atom. The van der Waals surface area contributed by atoms with Gasteiger partial charge in [-0.1, -0.05) is 26.2 Å². The fourth-order valence-corrected chi connectivity index (χ4v) is 0.526. The molecule has 0 spiro atoms. The average Bonchev–Trinajstić information content (AvgIpc) is 2.12. The number of rotatable bonds is 1. The van der Waals surface area contributed by atoms with E-state index in [1.165, 1.54) is 19.3 Å². The van der Waals surface area contributed by atoms with E-state index in [-0.39, 0.29) is 51.4 Å². The van der Waals surface area contributed by atoms with Crippen LogP contribution >= 0.6 is 0 Å². The molecule has 32 valence electrons. The second kappa shape index (κ2) is 3.62. The normalized spacial score (nSPS) is 19.5. The molecule has 0 heterocycles. The molecule has 0 bridgehead atoms. The SMILES string of the molecule is CCC1CC1.[KH]. The first kappa shape index (κ1) is 7.64. The van der Waals surface area contributed by atoms with Gasteiger partial charge < -0.3 is 0 Å². The third-order valence-corrected chi connectivity index (χ3v) is 1.27. The van der Waals surface area contributed by atoms with Crippen LogP contribution in [0.2, 0.25) is 0 Å². The quantitative estimate of drug-likeness (QED) is 0.444. The molecule has 0 aromatic heterocycles. The van der Waals surface area contributed by atoms with Crippen molar-refractivity contribution in [2.75, 3.05) is 0 Å². The van der Waals surface area contributed by atoms with Gasteiger partial charge in [0.15, 0.2) is 0 Å². The summed E-state index contributed by atoms with van der Waals surface area (Å²) in [4.78, 5) is 0. The van der Waals surface area contributed by atoms with Crippen molar-refractivity contribution < 1.29 is 0 Å². The van der Waals surface area contributed by atoms with Crippen LogP contribution < -0.4 is 0 Å². The van der Waals surface area contributed by atoms with E-state index in [0.717, 1.165) is 5.92 Å². The van der Waals surface area contributed by atoms with Crippen LogP contribution in [0.3, 0.4) is 0 Å². The van der Waals surface area contributed by atoms with Crippen molar-refractivity contribution >= 4 is 51.4 Å². The molecule has 6 heavy (non-hydrogen) atoms. The van der Waals surface area contributed by atoms with E-state index < -0.39 is 0 Å². The third-order valence-electron chi connectivity index (χ3n) is 1.27. The molecule has 0 aliphatic heterocycles. The van der Waals surface area contributed by atoms with Crippen LogP contribution in [0.25, 0.3) is 0 Å². The van der Waals surface area contributed by atoms with Gasteiger partial charge in [-0.2, -0.15) is 0 Å². The minimum atomic E-state index is 0. The van der Waals surface area contributed by atoms with Gasteiger partial charge in [-0.25, -0.2) is 0 Å². The topological polar surface area (TPSA) is 0 Å². The van der Waals surface area contributed by atoms with Gasteiger partial charge in [0.25, 0.3) is 0 Å². The fraction of sp³-hybridized carbons (Fsp3) is 1.00. The Morgan fingerprint density at radius 1 is 1.50 bits per heavy atom. The molecular formula is C5H11K. The molecule has 0 saturated heterocycles. The van der Waals surface area contributed by atoms with Crippen LogP contribution in [-0.2, 0) is 0 Å². The van der Waals surface area contributed by atoms with Crippen LogP contribution in [0.1, 0.15) is 26.2 Å². The van der Waals surface area contributed by atoms with E-state index in [2.05, 4.69) is 6.92 Å². The first-order valence-electron chi connectivity index (χ1n) is 2.43. The molecule has 1 heteroatoms. The van der Waals surface area contributed by atoms with Crippen LogP contribution in [-0.4, -0.2) is 51.4 Å². The summed E-state index contributed by atoms with van der Waals surface area (Å²) in [6, 6.07) is 0. The van der Waals surface area contributed by atoms with Crippen LogP contribution in [0.5, 0.6) is 0 Å². The number of hydrogen-bond acceptors (Lipinski definition) is 0. The monoisotopic (exact) mass is 110 g/mol. The first-order valence-corrected chi connectivity index (χ1v) is 2.43. The van der Waals surface area contributed by atoms with Gasteiger partial charge in [-0.05, 0) is 5.92 Å². The van der Waals surface area contributed by atoms with Gasteiger partial charge in [0, 0.05) is 0 Å². The van der Waals surface area contributed by atoms with Crippen molar-refractivity contribution in [3.05, 3.63) is 0 Å². The van der Waals surface area contributed by atoms with Gasteiger partial charge >= 0.3 is 51.4 Å². The molecule has 0 unspecified atom stereocenters. The van der Waals surface area contributed by atoms with Crippen LogP contribution in [0, 0.1) is 5.92 Å². The van der Waals surface area contributed by atoms with E-state index >= 15 is 0 Å². The molecule has 0 radical (unpaired) electrons. The Hall–Kier alpha value is 1.64. The number of hydrogen-bond donors (Lipinski definition) is 0. The standard InChI is InChI=1S/C5H10.K.H/c1-2-5-3-4-5;;/h5H,2-4H2,1H3;;. The molecular weight excluding hydrogens is 99.2 g/mol. The maximum absolute atomic E-state index is 2.26. The fourth-order valence-electron chi connectivity index (χ4n) is 0.526. The van der Waals surface area contributed by atoms with Crippen molar-refractivity contribution in [2.45, 2.75) is 26.2 Å². The molecule has 1 aliphatic rings. The summed E-state index contributed by atoms with van der Waals surface area (Å²) in [5, 5.41) is 0. The van der Waals surface area contributed by atoms with E-state index in [1.54, 1.807) is 0 Å². The summed E-state index contributed by atoms with van der Waals surface area (Å²) < 4.78 is 0. The Kier molecular flexibility index (Phi) is 4.60. The molecule has 0 nitrogen and oxygen atoms in total. The zero-order valence-corrected chi connectivity index (χ0v) is 3.70. The van der Waals surface area contributed by atoms with Crippen molar-refractivity contribution in [3.63, 3.8) is 0 Å². The maximum atomic E-state index is 2.26. The summed E-state index contributed by atoms with van der Waals surface area (Å²) in [5.74, 6) is 1.13. The molecule has 0 N–H and O–H groups in total. The van der Waals surface area contributed by atoms with Crippen LogP contribution in [0.4, 0.5) is 0 Å². The minimum absolute atomic E-state index is 0. The molecule has 1 aliphatic carbocycles. The van der Waals surface area contributed by atoms with Crippen molar-refractivity contribution in [1.82, 2.24) is 0 Å². The van der Waals surface area contributed by atoms with Crippen molar-refractivity contribution in [2.24, 2.45) is 5.92 Å². The second-order valence-corrected chi connectivity index (χ2v) is 1.85. The Balaban J connectivity index is 0.000000250. The van der Waals surface area contributed by atoms with Crippen molar-refractivity contribution in [1.29, 1.82) is 0 Å². The summed E-state index contributed by atoms with van der Waals surface area (Å²) in [6.45, 7) is 2.26. The third kappa shape index (κ3) is 2.75. The van der Waals surface area contributed by atoms with E-state index in [9.17, 15) is 0 Å². The summed E-state index contributed by atoms with van der Waals surface area (Å²) >= 11 is 0. The predicted octanol–water partition coefficient (Wildman–Crippen LogP) is 1.16. The summed E-state index contributed by atoms with van der Waals surface area (Å²) in [5.41, 5.74) is 0. The second-order valence-electron chi connectivity index (χ2n) is 1.85. The van der Waals surface area contributed by atoms with E-state index in [0.29, 0.717) is 0 Å². The Labute approximate surface area is 82.1 Å². The Morgan fingerprint density at radius 2 is 2.00 bits per heavy atom. The molecule has 0 aromatic rings. The molecule has 0 amide bonds. The van der Waals surface area contributed by atoms with Gasteiger partial charge in [-0.15, -0.1) is 0 Å². The molecule has 0 atom stereocenters. The first-order chi connectivity index (χ1) is 2.43. The summed E-state index contributed by atoms with van der Waals surface area (Å²) in [6.07, 6.45) is 4.44. The summed E-state index contributed by atoms with van der Waals surface area (Å²) in [7, 11) is 0. The molecule has 0 aromatic carbocycles. The van der Waals surface area contributed by atoms with Gasteiger partial charge in [0.05, 0.1) is 0 Å². The van der Waals surface area contributed by atoms with Crippen molar-refractivity contribution in [3.8, 4) is 0 Å². The molecule has 1 rings (SSSR count). The predicted molar refractivity (Wildman–Crippen MR) is 30.2 cm³/mol.